The van der Waals surface area contributed by atoms with Gasteiger partial charge in [0.05, 0.1) is 26.2 Å². The van der Waals surface area contributed by atoms with Crippen LogP contribution in [-0.4, -0.2) is 44.8 Å². The maximum Gasteiger partial charge on any atom is 0.315 e. The summed E-state index contributed by atoms with van der Waals surface area (Å²) in [6, 6.07) is 16.9. The molecule has 200 valence electrons. The van der Waals surface area contributed by atoms with E-state index in [4.69, 9.17) is 33.5 Å². The number of ether oxygens (including phenoxy) is 6. The molecule has 0 saturated heterocycles. The van der Waals surface area contributed by atoms with Gasteiger partial charge in [-0.1, -0.05) is 19.1 Å². The molecule has 2 unspecified atom stereocenters. The summed E-state index contributed by atoms with van der Waals surface area (Å²) in [5.41, 5.74) is 3.06. The third-order valence-corrected chi connectivity index (χ3v) is 6.74. The summed E-state index contributed by atoms with van der Waals surface area (Å²) in [5, 5.41) is 9.14. The summed E-state index contributed by atoms with van der Waals surface area (Å²) >= 11 is 0. The Bertz CT molecular complexity index is 1290. The van der Waals surface area contributed by atoms with E-state index in [9.17, 15) is 4.79 Å². The quantitative estimate of drug-likeness (QED) is 0.217. The fourth-order valence-electron chi connectivity index (χ4n) is 4.92. The molecule has 38 heavy (non-hydrogen) atoms. The smallest absolute Gasteiger partial charge is 0.315 e. The molecule has 8 heteroatoms. The van der Waals surface area contributed by atoms with E-state index in [1.807, 2.05) is 36.4 Å². The average Bonchev–Trinajstić information content (AvgIpc) is 3.56. The zero-order valence-electron chi connectivity index (χ0n) is 21.6. The molecule has 2 aliphatic rings. The Balaban J connectivity index is 1.46. The molecule has 0 amide bonds. The Morgan fingerprint density at radius 3 is 2.61 bits per heavy atom. The van der Waals surface area contributed by atoms with Gasteiger partial charge in [0.25, 0.3) is 0 Å². The van der Waals surface area contributed by atoms with Gasteiger partial charge in [-0.3, -0.25) is 4.79 Å². The van der Waals surface area contributed by atoms with E-state index in [1.54, 1.807) is 25.3 Å². The van der Waals surface area contributed by atoms with Gasteiger partial charge in [0.2, 0.25) is 6.79 Å². The van der Waals surface area contributed by atoms with Crippen molar-refractivity contribution in [3.63, 3.8) is 0 Å². The van der Waals surface area contributed by atoms with Gasteiger partial charge in [-0.05, 0) is 65.9 Å². The van der Waals surface area contributed by atoms with Crippen LogP contribution in [0.25, 0.3) is 0 Å². The first-order valence-corrected chi connectivity index (χ1v) is 12.9. The third kappa shape index (κ3) is 5.36. The first-order chi connectivity index (χ1) is 18.6. The largest absolute Gasteiger partial charge is 0.497 e. The van der Waals surface area contributed by atoms with Crippen LogP contribution in [0.3, 0.4) is 0 Å². The van der Waals surface area contributed by atoms with E-state index in [1.165, 1.54) is 0 Å². The van der Waals surface area contributed by atoms with Gasteiger partial charge in [-0.25, -0.2) is 0 Å². The highest BCUT2D eigenvalue weighted by Crippen LogP contribution is 2.47. The topological polar surface area (TPSA) is 92.7 Å². The number of carbonyl (C=O) groups excluding carboxylic acids is 1. The molecule has 1 aliphatic carbocycles. The van der Waals surface area contributed by atoms with Crippen LogP contribution in [0.4, 0.5) is 0 Å². The zero-order valence-corrected chi connectivity index (χ0v) is 21.6. The SMILES string of the molecule is CCCOc1ccc2c(c1)CC(C(=O)Oc1ccc(OC)cc1OCCCO)C2c1ccc2c(c1)OCO2. The third-order valence-electron chi connectivity index (χ3n) is 6.74. The van der Waals surface area contributed by atoms with Gasteiger partial charge in [0.15, 0.2) is 23.0 Å². The normalized spacial score (nSPS) is 17.1. The van der Waals surface area contributed by atoms with Crippen molar-refractivity contribution >= 4 is 5.97 Å². The van der Waals surface area contributed by atoms with Gasteiger partial charge in [-0.2, -0.15) is 0 Å². The second kappa shape index (κ2) is 11.6. The van der Waals surface area contributed by atoms with Crippen molar-refractivity contribution in [2.45, 2.75) is 32.1 Å². The van der Waals surface area contributed by atoms with Crippen molar-refractivity contribution in [2.24, 2.45) is 5.92 Å². The molecule has 3 aromatic carbocycles. The Morgan fingerprint density at radius 2 is 1.79 bits per heavy atom. The Kier molecular flexibility index (Phi) is 7.89. The molecule has 1 heterocycles. The molecule has 1 N–H and O–H groups in total. The minimum absolute atomic E-state index is 0.000588. The van der Waals surface area contributed by atoms with Gasteiger partial charge < -0.3 is 33.5 Å². The summed E-state index contributed by atoms with van der Waals surface area (Å²) < 4.78 is 34.0. The highest BCUT2D eigenvalue weighted by Gasteiger charge is 2.40. The molecule has 0 saturated carbocycles. The van der Waals surface area contributed by atoms with Gasteiger partial charge in [0, 0.05) is 25.0 Å². The Hall–Kier alpha value is -3.91. The van der Waals surface area contributed by atoms with E-state index in [-0.39, 0.29) is 31.9 Å². The second-order valence-corrected chi connectivity index (χ2v) is 9.27. The average molecular weight is 521 g/mol. The minimum atomic E-state index is -0.473. The monoisotopic (exact) mass is 520 g/mol. The van der Waals surface area contributed by atoms with Crippen LogP contribution in [0.5, 0.6) is 34.5 Å². The van der Waals surface area contributed by atoms with E-state index in [2.05, 4.69) is 6.92 Å². The van der Waals surface area contributed by atoms with E-state index < -0.39 is 5.92 Å². The van der Waals surface area contributed by atoms with Crippen LogP contribution in [0.2, 0.25) is 0 Å². The molecule has 0 radical (unpaired) electrons. The zero-order chi connectivity index (χ0) is 26.5. The van der Waals surface area contributed by atoms with E-state index in [0.29, 0.717) is 48.2 Å². The number of aliphatic hydroxyl groups excluding tert-OH is 1. The molecule has 0 fully saturated rings. The van der Waals surface area contributed by atoms with Crippen molar-refractivity contribution in [3.8, 4) is 34.5 Å². The van der Waals surface area contributed by atoms with Crippen LogP contribution in [0, 0.1) is 5.92 Å². The maximum absolute atomic E-state index is 13.8. The number of carbonyl (C=O) groups is 1. The predicted octanol–water partition coefficient (Wildman–Crippen LogP) is 4.88. The molecule has 3 aromatic rings. The van der Waals surface area contributed by atoms with Crippen LogP contribution in [-0.2, 0) is 11.2 Å². The van der Waals surface area contributed by atoms with Crippen molar-refractivity contribution in [3.05, 3.63) is 71.3 Å². The van der Waals surface area contributed by atoms with E-state index >= 15 is 0 Å². The summed E-state index contributed by atoms with van der Waals surface area (Å²) in [6.45, 7) is 3.16. The fraction of sp³-hybridized carbons (Fsp3) is 0.367. The fourth-order valence-corrected chi connectivity index (χ4v) is 4.92. The van der Waals surface area contributed by atoms with Gasteiger partial charge in [0.1, 0.15) is 11.5 Å². The Labute approximate surface area is 222 Å². The molecule has 0 spiro atoms. The molecule has 1 aliphatic heterocycles. The maximum atomic E-state index is 13.8. The molecule has 2 atom stereocenters. The van der Waals surface area contributed by atoms with Crippen molar-refractivity contribution in [1.82, 2.24) is 0 Å². The lowest BCUT2D eigenvalue weighted by Crippen LogP contribution is -2.25. The molecule has 5 rings (SSSR count). The van der Waals surface area contributed by atoms with Crippen molar-refractivity contribution in [2.75, 3.05) is 33.7 Å². The summed E-state index contributed by atoms with van der Waals surface area (Å²) in [7, 11) is 1.56. The highest BCUT2D eigenvalue weighted by molar-refractivity contribution is 5.80. The van der Waals surface area contributed by atoms with Crippen LogP contribution >= 0.6 is 0 Å². The number of benzene rings is 3. The lowest BCUT2D eigenvalue weighted by Gasteiger charge is -2.21. The Morgan fingerprint density at radius 1 is 0.947 bits per heavy atom. The van der Waals surface area contributed by atoms with Crippen LogP contribution in [0.1, 0.15) is 42.4 Å². The summed E-state index contributed by atoms with van der Waals surface area (Å²) in [5.74, 6) is 2.35. The minimum Gasteiger partial charge on any atom is -0.497 e. The molecule has 8 nitrogen and oxygen atoms in total. The number of hydrogen-bond acceptors (Lipinski definition) is 8. The number of esters is 1. The highest BCUT2D eigenvalue weighted by atomic mass is 16.7. The summed E-state index contributed by atoms with van der Waals surface area (Å²) in [4.78, 5) is 13.8. The summed E-state index contributed by atoms with van der Waals surface area (Å²) in [6.07, 6.45) is 1.88. The predicted molar refractivity (Wildman–Crippen MR) is 140 cm³/mol. The lowest BCUT2D eigenvalue weighted by molar-refractivity contribution is -0.139. The first kappa shape index (κ1) is 25.7. The number of methoxy groups -OCH3 is 1. The molecular formula is C30H32O8. The second-order valence-electron chi connectivity index (χ2n) is 9.27. The standard InChI is InChI=1S/C30H32O8/c1-3-12-34-22-6-8-23-20(14-22)15-24(29(23)19-5-9-25-27(16-19)37-18-36-25)30(32)38-26-10-7-21(33-2)17-28(26)35-13-4-11-31/h5-10,14,16-17,24,29,31H,3-4,11-13,15,18H2,1-2H3. The van der Waals surface area contributed by atoms with Crippen molar-refractivity contribution in [1.29, 1.82) is 0 Å². The number of fused-ring (bicyclic) bond motifs is 2. The number of hydrogen-bond donors (Lipinski definition) is 1. The van der Waals surface area contributed by atoms with Gasteiger partial charge >= 0.3 is 5.97 Å². The van der Waals surface area contributed by atoms with Gasteiger partial charge in [-0.15, -0.1) is 0 Å². The lowest BCUT2D eigenvalue weighted by atomic mass is 9.85. The van der Waals surface area contributed by atoms with Crippen LogP contribution < -0.4 is 28.4 Å². The molecule has 0 bridgehead atoms. The molecule has 0 aromatic heterocycles. The number of aliphatic hydroxyl groups is 1. The number of rotatable bonds is 11. The van der Waals surface area contributed by atoms with E-state index in [0.717, 1.165) is 28.9 Å². The first-order valence-electron chi connectivity index (χ1n) is 12.9. The van der Waals surface area contributed by atoms with Crippen LogP contribution in [0.15, 0.2) is 54.6 Å². The van der Waals surface area contributed by atoms with Crippen molar-refractivity contribution < 1.29 is 38.3 Å². The molecular weight excluding hydrogens is 488 g/mol.